The molecule has 150 valence electrons. The van der Waals surface area contributed by atoms with Gasteiger partial charge in [0, 0.05) is 10.9 Å². The molecule has 1 aromatic heterocycles. The van der Waals surface area contributed by atoms with Crippen molar-refractivity contribution in [2.24, 2.45) is 0 Å². The zero-order valence-electron chi connectivity index (χ0n) is 17.2. The molecular formula is C26H23FN2O. The van der Waals surface area contributed by atoms with Gasteiger partial charge in [-0.1, -0.05) is 42.5 Å². The van der Waals surface area contributed by atoms with E-state index >= 15 is 0 Å². The fourth-order valence-corrected chi connectivity index (χ4v) is 3.53. The SMILES string of the molecule is Cc1ccc(-c2cc(C(=O)N[C@@H](C)c3ccccc3)c3cc(F)ccc3n2)cc1C. The van der Waals surface area contributed by atoms with Gasteiger partial charge in [0.15, 0.2) is 0 Å². The number of nitrogens with one attached hydrogen (secondary N) is 1. The van der Waals surface area contributed by atoms with E-state index in [2.05, 4.69) is 18.3 Å². The van der Waals surface area contributed by atoms with Gasteiger partial charge < -0.3 is 5.32 Å². The van der Waals surface area contributed by atoms with Gasteiger partial charge in [0.25, 0.3) is 5.91 Å². The van der Waals surface area contributed by atoms with Crippen molar-refractivity contribution in [3.63, 3.8) is 0 Å². The highest BCUT2D eigenvalue weighted by atomic mass is 19.1. The number of hydrogen-bond donors (Lipinski definition) is 1. The summed E-state index contributed by atoms with van der Waals surface area (Å²) < 4.78 is 14.0. The molecule has 0 aliphatic heterocycles. The largest absolute Gasteiger partial charge is 0.345 e. The number of pyridine rings is 1. The predicted molar refractivity (Wildman–Crippen MR) is 119 cm³/mol. The van der Waals surface area contributed by atoms with Gasteiger partial charge in [-0.2, -0.15) is 0 Å². The normalized spacial score (nSPS) is 12.0. The summed E-state index contributed by atoms with van der Waals surface area (Å²) in [4.78, 5) is 17.9. The van der Waals surface area contributed by atoms with Crippen LogP contribution in [0.5, 0.6) is 0 Å². The van der Waals surface area contributed by atoms with Crippen molar-refractivity contribution in [2.45, 2.75) is 26.8 Å². The van der Waals surface area contributed by atoms with Gasteiger partial charge in [0.1, 0.15) is 5.82 Å². The molecule has 1 heterocycles. The van der Waals surface area contributed by atoms with Gasteiger partial charge in [-0.3, -0.25) is 4.79 Å². The van der Waals surface area contributed by atoms with Crippen LogP contribution >= 0.6 is 0 Å². The highest BCUT2D eigenvalue weighted by Crippen LogP contribution is 2.27. The number of hydrogen-bond acceptors (Lipinski definition) is 2. The molecule has 0 bridgehead atoms. The van der Waals surface area contributed by atoms with Crippen molar-refractivity contribution in [1.82, 2.24) is 10.3 Å². The molecule has 0 fully saturated rings. The molecule has 0 radical (unpaired) electrons. The van der Waals surface area contributed by atoms with Crippen molar-refractivity contribution in [3.05, 3.63) is 101 Å². The van der Waals surface area contributed by atoms with Gasteiger partial charge in [0.05, 0.1) is 22.8 Å². The van der Waals surface area contributed by atoms with E-state index in [0.29, 0.717) is 22.2 Å². The molecule has 4 aromatic rings. The Balaban J connectivity index is 1.79. The molecule has 3 aromatic carbocycles. The molecule has 0 saturated heterocycles. The average Bonchev–Trinajstić information content (AvgIpc) is 2.75. The van der Waals surface area contributed by atoms with Gasteiger partial charge in [0.2, 0.25) is 0 Å². The second kappa shape index (κ2) is 8.07. The third-order valence-corrected chi connectivity index (χ3v) is 5.47. The van der Waals surface area contributed by atoms with Crippen LogP contribution in [0.3, 0.4) is 0 Å². The second-order valence-corrected chi connectivity index (χ2v) is 7.62. The van der Waals surface area contributed by atoms with Crippen LogP contribution in [0.25, 0.3) is 22.2 Å². The quantitative estimate of drug-likeness (QED) is 0.448. The Hall–Kier alpha value is -3.53. The number of fused-ring (bicyclic) bond motifs is 1. The van der Waals surface area contributed by atoms with Crippen LogP contribution in [0.15, 0.2) is 72.8 Å². The molecule has 1 N–H and O–H groups in total. The van der Waals surface area contributed by atoms with E-state index in [9.17, 15) is 9.18 Å². The summed E-state index contributed by atoms with van der Waals surface area (Å²) in [5.74, 6) is -0.650. The standard InChI is InChI=1S/C26H23FN2O/c1-16-9-10-20(13-17(16)2)25-15-23(22-14-21(27)11-12-24(22)29-25)26(30)28-18(3)19-7-5-4-6-8-19/h4-15,18H,1-3H3,(H,28,30)/t18-/m0/s1. The number of aromatic nitrogens is 1. The Labute approximate surface area is 175 Å². The molecule has 3 nitrogen and oxygen atoms in total. The Kier molecular flexibility index (Phi) is 5.32. The number of carbonyl (C=O) groups excluding carboxylic acids is 1. The fourth-order valence-electron chi connectivity index (χ4n) is 3.53. The first-order valence-corrected chi connectivity index (χ1v) is 9.96. The summed E-state index contributed by atoms with van der Waals surface area (Å²) in [7, 11) is 0. The Morgan fingerprint density at radius 3 is 2.43 bits per heavy atom. The molecule has 1 atom stereocenters. The summed E-state index contributed by atoms with van der Waals surface area (Å²) >= 11 is 0. The summed E-state index contributed by atoms with van der Waals surface area (Å²) in [5.41, 5.74) is 5.96. The third-order valence-electron chi connectivity index (χ3n) is 5.47. The van der Waals surface area contributed by atoms with Crippen LogP contribution < -0.4 is 5.32 Å². The Bertz CT molecular complexity index is 1230. The Morgan fingerprint density at radius 1 is 0.933 bits per heavy atom. The molecule has 0 aliphatic carbocycles. The zero-order valence-corrected chi connectivity index (χ0v) is 17.2. The topological polar surface area (TPSA) is 42.0 Å². The van der Waals surface area contributed by atoms with Gasteiger partial charge in [-0.05, 0) is 67.8 Å². The maximum Gasteiger partial charge on any atom is 0.252 e. The Morgan fingerprint density at radius 2 is 1.70 bits per heavy atom. The minimum atomic E-state index is -0.395. The van der Waals surface area contributed by atoms with Gasteiger partial charge >= 0.3 is 0 Å². The average molecular weight is 398 g/mol. The number of nitrogens with zero attached hydrogens (tertiary/aromatic N) is 1. The van der Waals surface area contributed by atoms with Crippen molar-refractivity contribution in [3.8, 4) is 11.3 Å². The third kappa shape index (κ3) is 3.94. The molecule has 1 amide bonds. The molecule has 4 heteroatoms. The lowest BCUT2D eigenvalue weighted by Gasteiger charge is -2.16. The maximum atomic E-state index is 14.0. The first kappa shape index (κ1) is 19.8. The van der Waals surface area contributed by atoms with Crippen LogP contribution in [0.1, 0.15) is 40.0 Å². The molecule has 30 heavy (non-hydrogen) atoms. The van der Waals surface area contributed by atoms with E-state index in [-0.39, 0.29) is 11.9 Å². The minimum absolute atomic E-state index is 0.180. The van der Waals surface area contributed by atoms with Gasteiger partial charge in [-0.15, -0.1) is 0 Å². The van der Waals surface area contributed by atoms with E-state index in [1.807, 2.05) is 56.3 Å². The van der Waals surface area contributed by atoms with Crippen LogP contribution in [-0.2, 0) is 0 Å². The molecular weight excluding hydrogens is 375 g/mol. The van der Waals surface area contributed by atoms with Crippen molar-refractivity contribution in [1.29, 1.82) is 0 Å². The van der Waals surface area contributed by atoms with Crippen LogP contribution in [0.4, 0.5) is 4.39 Å². The lowest BCUT2D eigenvalue weighted by molar-refractivity contribution is 0.0941. The van der Waals surface area contributed by atoms with Crippen LogP contribution in [0.2, 0.25) is 0 Å². The monoisotopic (exact) mass is 398 g/mol. The number of rotatable bonds is 4. The fraction of sp³-hybridized carbons (Fsp3) is 0.154. The smallest absolute Gasteiger partial charge is 0.252 e. The molecule has 0 saturated carbocycles. The second-order valence-electron chi connectivity index (χ2n) is 7.62. The van der Waals surface area contributed by atoms with E-state index in [0.717, 1.165) is 16.7 Å². The number of halogens is 1. The van der Waals surface area contributed by atoms with E-state index in [1.165, 1.54) is 17.7 Å². The van der Waals surface area contributed by atoms with Crippen LogP contribution in [-0.4, -0.2) is 10.9 Å². The molecule has 4 rings (SSSR count). The van der Waals surface area contributed by atoms with E-state index in [1.54, 1.807) is 12.1 Å². The summed E-state index contributed by atoms with van der Waals surface area (Å²) in [6, 6.07) is 21.8. The highest BCUT2D eigenvalue weighted by molar-refractivity contribution is 6.07. The summed E-state index contributed by atoms with van der Waals surface area (Å²) in [6.07, 6.45) is 0. The summed E-state index contributed by atoms with van der Waals surface area (Å²) in [6.45, 7) is 6.03. The van der Waals surface area contributed by atoms with Crippen molar-refractivity contribution in [2.75, 3.05) is 0 Å². The highest BCUT2D eigenvalue weighted by Gasteiger charge is 2.17. The molecule has 0 unspecified atom stereocenters. The summed E-state index contributed by atoms with van der Waals surface area (Å²) in [5, 5.41) is 3.53. The first-order valence-electron chi connectivity index (χ1n) is 9.96. The first-order chi connectivity index (χ1) is 14.4. The molecule has 0 spiro atoms. The molecule has 0 aliphatic rings. The van der Waals surface area contributed by atoms with Crippen molar-refractivity contribution >= 4 is 16.8 Å². The maximum absolute atomic E-state index is 14.0. The number of carbonyl (C=O) groups is 1. The number of amides is 1. The minimum Gasteiger partial charge on any atom is -0.345 e. The number of aryl methyl sites for hydroxylation is 2. The lowest BCUT2D eigenvalue weighted by atomic mass is 10.00. The van der Waals surface area contributed by atoms with E-state index < -0.39 is 5.82 Å². The predicted octanol–water partition coefficient (Wildman–Crippen LogP) is 6.15. The zero-order chi connectivity index (χ0) is 21.3. The van der Waals surface area contributed by atoms with Crippen LogP contribution in [0, 0.1) is 19.7 Å². The van der Waals surface area contributed by atoms with Crippen molar-refractivity contribution < 1.29 is 9.18 Å². The van der Waals surface area contributed by atoms with Gasteiger partial charge in [-0.25, -0.2) is 9.37 Å². The lowest BCUT2D eigenvalue weighted by Crippen LogP contribution is -2.27. The van der Waals surface area contributed by atoms with E-state index in [4.69, 9.17) is 4.98 Å². The number of benzene rings is 3.